The van der Waals surface area contributed by atoms with Gasteiger partial charge >= 0.3 is 0 Å². The van der Waals surface area contributed by atoms with Gasteiger partial charge in [0.15, 0.2) is 0 Å². The lowest BCUT2D eigenvalue weighted by molar-refractivity contribution is -0.121. The summed E-state index contributed by atoms with van der Waals surface area (Å²) in [6.07, 6.45) is 3.61. The van der Waals surface area contributed by atoms with Crippen molar-refractivity contribution in [3.05, 3.63) is 79.6 Å². The normalized spacial score (nSPS) is 13.2. The van der Waals surface area contributed by atoms with Gasteiger partial charge in [0.25, 0.3) is 0 Å². The average molecular weight is 562 g/mol. The van der Waals surface area contributed by atoms with E-state index in [1.54, 1.807) is 35.1 Å². The van der Waals surface area contributed by atoms with E-state index in [0.717, 1.165) is 39.8 Å². The number of benzene rings is 2. The topological polar surface area (TPSA) is 42.9 Å². The zero-order valence-corrected chi connectivity index (χ0v) is 21.1. The highest BCUT2D eigenvalue weighted by atomic mass is 79.9. The Morgan fingerprint density at radius 1 is 0.733 bits per heavy atom. The summed E-state index contributed by atoms with van der Waals surface area (Å²) in [7, 11) is 0. The van der Waals surface area contributed by atoms with Crippen molar-refractivity contribution in [3.63, 3.8) is 0 Å². The molecule has 30 heavy (non-hydrogen) atoms. The Bertz CT molecular complexity index is 1070. The number of carbonyl (C=O) groups excluding carboxylic acids is 1. The van der Waals surface area contributed by atoms with Crippen molar-refractivity contribution in [3.8, 4) is 21.1 Å². The molecular weight excluding hydrogens is 544 g/mol. The number of thiazole rings is 2. The van der Waals surface area contributed by atoms with Gasteiger partial charge in [0.2, 0.25) is 0 Å². The standard InChI is InChI=1S/C23H18Br2N2OS2/c1-13(15-3-7-17(8-4-15)22-26-11-19(24)29-22)21(28)14(2)16-5-9-18(10-6-16)23-27-12-20(25)30-23/h3-14H,1-2H3. The minimum absolute atomic E-state index is 0.174. The van der Waals surface area contributed by atoms with Crippen LogP contribution in [-0.4, -0.2) is 15.8 Å². The third-order valence-corrected chi connectivity index (χ3v) is 8.17. The first-order valence-corrected chi connectivity index (χ1v) is 12.6. The van der Waals surface area contributed by atoms with Crippen LogP contribution in [0.2, 0.25) is 0 Å². The lowest BCUT2D eigenvalue weighted by Crippen LogP contribution is -2.16. The molecule has 0 aliphatic carbocycles. The Labute approximate surface area is 200 Å². The van der Waals surface area contributed by atoms with E-state index < -0.39 is 0 Å². The smallest absolute Gasteiger partial charge is 0.147 e. The molecule has 0 aliphatic heterocycles. The number of hydrogen-bond donors (Lipinski definition) is 0. The quantitative estimate of drug-likeness (QED) is 0.240. The van der Waals surface area contributed by atoms with Crippen LogP contribution in [-0.2, 0) is 4.79 Å². The van der Waals surface area contributed by atoms with Crippen LogP contribution >= 0.6 is 54.5 Å². The highest BCUT2D eigenvalue weighted by Crippen LogP contribution is 2.33. The minimum Gasteiger partial charge on any atom is -0.298 e. The number of halogens is 2. The van der Waals surface area contributed by atoms with E-state index in [1.807, 2.05) is 62.4 Å². The minimum atomic E-state index is -0.174. The predicted molar refractivity (Wildman–Crippen MR) is 132 cm³/mol. The SMILES string of the molecule is CC(C(=O)C(C)c1ccc(-c2ncc(Br)s2)cc1)c1ccc(-c2ncc(Br)s2)cc1. The Balaban J connectivity index is 1.47. The van der Waals surface area contributed by atoms with Gasteiger partial charge in [0.1, 0.15) is 15.8 Å². The van der Waals surface area contributed by atoms with Crippen LogP contribution in [0.1, 0.15) is 36.8 Å². The average Bonchev–Trinajstić information content (AvgIpc) is 3.41. The molecule has 2 aromatic carbocycles. The fourth-order valence-electron chi connectivity index (χ4n) is 3.31. The summed E-state index contributed by atoms with van der Waals surface area (Å²) in [5, 5.41) is 1.93. The summed E-state index contributed by atoms with van der Waals surface area (Å²) in [6.45, 7) is 3.96. The molecule has 0 saturated heterocycles. The summed E-state index contributed by atoms with van der Waals surface area (Å²) in [5.41, 5.74) is 4.17. The van der Waals surface area contributed by atoms with Crippen LogP contribution in [0.5, 0.6) is 0 Å². The first-order chi connectivity index (χ1) is 14.4. The highest BCUT2D eigenvalue weighted by Gasteiger charge is 2.23. The van der Waals surface area contributed by atoms with E-state index >= 15 is 0 Å². The third kappa shape index (κ3) is 4.64. The van der Waals surface area contributed by atoms with Gasteiger partial charge in [-0.2, -0.15) is 0 Å². The lowest BCUT2D eigenvalue weighted by atomic mass is 9.85. The number of rotatable bonds is 6. The second-order valence-corrected chi connectivity index (χ2v) is 11.8. The Morgan fingerprint density at radius 3 is 1.40 bits per heavy atom. The van der Waals surface area contributed by atoms with Crippen LogP contribution in [0.25, 0.3) is 21.1 Å². The number of ketones is 1. The van der Waals surface area contributed by atoms with E-state index in [2.05, 4.69) is 41.8 Å². The Kier molecular flexibility index (Phi) is 6.63. The van der Waals surface area contributed by atoms with Crippen LogP contribution in [0.3, 0.4) is 0 Å². The van der Waals surface area contributed by atoms with Gasteiger partial charge in [0, 0.05) is 23.0 Å². The molecule has 2 heterocycles. The van der Waals surface area contributed by atoms with Crippen molar-refractivity contribution >= 4 is 60.3 Å². The molecule has 0 N–H and O–H groups in total. The van der Waals surface area contributed by atoms with Gasteiger partial charge in [-0.15, -0.1) is 22.7 Å². The van der Waals surface area contributed by atoms with Crippen LogP contribution in [0.15, 0.2) is 68.5 Å². The van der Waals surface area contributed by atoms with Crippen LogP contribution < -0.4 is 0 Å². The zero-order valence-electron chi connectivity index (χ0n) is 16.3. The molecule has 0 bridgehead atoms. The van der Waals surface area contributed by atoms with Crippen molar-refractivity contribution in [2.75, 3.05) is 0 Å². The fraction of sp³-hybridized carbons (Fsp3) is 0.174. The molecule has 2 aromatic heterocycles. The number of Topliss-reactive ketones (excluding diaryl/α,β-unsaturated/α-hetero) is 1. The molecule has 0 spiro atoms. The Hall–Kier alpha value is -1.67. The van der Waals surface area contributed by atoms with Gasteiger partial charge in [0.05, 0.1) is 20.0 Å². The molecule has 0 amide bonds. The molecule has 0 aliphatic rings. The first-order valence-electron chi connectivity index (χ1n) is 9.39. The molecule has 0 radical (unpaired) electrons. The number of aromatic nitrogens is 2. The lowest BCUT2D eigenvalue weighted by Gasteiger charge is -2.17. The molecule has 4 aromatic rings. The maximum Gasteiger partial charge on any atom is 0.147 e. The number of nitrogens with zero attached hydrogens (tertiary/aromatic N) is 2. The second-order valence-electron chi connectivity index (χ2n) is 7.03. The maximum atomic E-state index is 13.1. The summed E-state index contributed by atoms with van der Waals surface area (Å²) in [4.78, 5) is 21.9. The predicted octanol–water partition coefficient (Wildman–Crippen LogP) is 7.93. The molecule has 4 rings (SSSR count). The molecular formula is C23H18Br2N2OS2. The first kappa shape index (κ1) is 21.6. The van der Waals surface area contributed by atoms with Crippen molar-refractivity contribution in [2.24, 2.45) is 0 Å². The van der Waals surface area contributed by atoms with Crippen molar-refractivity contribution < 1.29 is 4.79 Å². The molecule has 7 heteroatoms. The number of carbonyl (C=O) groups is 1. The van der Waals surface area contributed by atoms with Gasteiger partial charge < -0.3 is 0 Å². The highest BCUT2D eigenvalue weighted by molar-refractivity contribution is 9.11. The van der Waals surface area contributed by atoms with E-state index in [4.69, 9.17) is 0 Å². The molecule has 3 nitrogen and oxygen atoms in total. The number of hydrogen-bond acceptors (Lipinski definition) is 5. The van der Waals surface area contributed by atoms with Gasteiger partial charge in [-0.05, 0) is 43.0 Å². The van der Waals surface area contributed by atoms with E-state index in [9.17, 15) is 4.79 Å². The Morgan fingerprint density at radius 2 is 1.10 bits per heavy atom. The van der Waals surface area contributed by atoms with Gasteiger partial charge in [-0.3, -0.25) is 4.79 Å². The summed E-state index contributed by atoms with van der Waals surface area (Å²) in [6, 6.07) is 16.3. The molecule has 0 fully saturated rings. The molecule has 2 unspecified atom stereocenters. The van der Waals surface area contributed by atoms with E-state index in [1.165, 1.54) is 0 Å². The van der Waals surface area contributed by atoms with Crippen molar-refractivity contribution in [2.45, 2.75) is 25.7 Å². The monoisotopic (exact) mass is 560 g/mol. The molecule has 0 saturated carbocycles. The van der Waals surface area contributed by atoms with Crippen LogP contribution in [0, 0.1) is 0 Å². The zero-order chi connectivity index (χ0) is 21.3. The van der Waals surface area contributed by atoms with Crippen molar-refractivity contribution in [1.29, 1.82) is 0 Å². The van der Waals surface area contributed by atoms with E-state index in [0.29, 0.717) is 0 Å². The molecule has 2 atom stereocenters. The second kappa shape index (κ2) is 9.22. The van der Waals surface area contributed by atoms with E-state index in [-0.39, 0.29) is 17.6 Å². The van der Waals surface area contributed by atoms with Crippen molar-refractivity contribution in [1.82, 2.24) is 9.97 Å². The summed E-state index contributed by atoms with van der Waals surface area (Å²) < 4.78 is 2.01. The largest absolute Gasteiger partial charge is 0.298 e. The fourth-order valence-corrected chi connectivity index (χ4v) is 5.73. The summed E-state index contributed by atoms with van der Waals surface area (Å²) >= 11 is 10.1. The molecule has 152 valence electrons. The third-order valence-electron chi connectivity index (χ3n) is 5.12. The van der Waals surface area contributed by atoms with Gasteiger partial charge in [-0.1, -0.05) is 62.4 Å². The maximum absolute atomic E-state index is 13.1. The summed E-state index contributed by atoms with van der Waals surface area (Å²) in [5.74, 6) is -0.136. The van der Waals surface area contributed by atoms with Crippen LogP contribution in [0.4, 0.5) is 0 Å². The van der Waals surface area contributed by atoms with Gasteiger partial charge in [-0.25, -0.2) is 9.97 Å².